The number of nitro benzene ring substituents is 1. The number of hydrogen-bond donors (Lipinski definition) is 2. The highest BCUT2D eigenvalue weighted by atomic mass is 32.1. The van der Waals surface area contributed by atoms with Gasteiger partial charge in [0, 0.05) is 39.6 Å². The molecule has 0 aliphatic carbocycles. The van der Waals surface area contributed by atoms with E-state index in [1.165, 1.54) is 23.5 Å². The molecule has 0 aliphatic rings. The van der Waals surface area contributed by atoms with Gasteiger partial charge in [0.25, 0.3) is 11.2 Å². The summed E-state index contributed by atoms with van der Waals surface area (Å²) in [6.45, 7) is 1.68. The Kier molecular flexibility index (Phi) is 5.99. The molecule has 0 fully saturated rings. The van der Waals surface area contributed by atoms with Gasteiger partial charge in [0.1, 0.15) is 5.82 Å². The number of nitro groups is 1. The molecule has 0 bridgehead atoms. The third-order valence-electron chi connectivity index (χ3n) is 4.20. The number of aryl methyl sites for hydroxylation is 1. The number of thiophene rings is 1. The topological polar surface area (TPSA) is 126 Å². The second-order valence-electron chi connectivity index (χ2n) is 6.25. The molecule has 0 aliphatic heterocycles. The molecule has 0 amide bonds. The predicted octanol–water partition coefficient (Wildman–Crippen LogP) is 3.90. The fourth-order valence-corrected chi connectivity index (χ4v) is 3.68. The first kappa shape index (κ1) is 20.2. The maximum Gasteiger partial charge on any atom is 0.303 e. The van der Waals surface area contributed by atoms with Gasteiger partial charge in [-0.05, 0) is 43.2 Å². The lowest BCUT2D eigenvalue weighted by Gasteiger charge is -2.03. The second-order valence-corrected chi connectivity index (χ2v) is 7.37. The number of carboxylic acids is 1. The molecule has 1 aromatic carbocycles. The van der Waals surface area contributed by atoms with Crippen LogP contribution in [0.1, 0.15) is 28.4 Å². The molecular formula is C20H17N3O5S. The van der Waals surface area contributed by atoms with Crippen LogP contribution < -0.4 is 5.56 Å². The molecule has 0 saturated carbocycles. The summed E-state index contributed by atoms with van der Waals surface area (Å²) >= 11 is 1.45. The summed E-state index contributed by atoms with van der Waals surface area (Å²) in [6.07, 6.45) is 3.46. The van der Waals surface area contributed by atoms with Crippen molar-refractivity contribution in [2.45, 2.75) is 19.8 Å². The van der Waals surface area contributed by atoms with Crippen LogP contribution in [0.2, 0.25) is 0 Å². The van der Waals surface area contributed by atoms with Gasteiger partial charge in [-0.15, -0.1) is 11.3 Å². The molecule has 2 heterocycles. The van der Waals surface area contributed by atoms with Crippen molar-refractivity contribution in [1.82, 2.24) is 9.97 Å². The lowest BCUT2D eigenvalue weighted by atomic mass is 10.1. The van der Waals surface area contributed by atoms with Gasteiger partial charge in [0.2, 0.25) is 0 Å². The Morgan fingerprint density at radius 2 is 2.10 bits per heavy atom. The number of H-pyrrole nitrogens is 1. The van der Waals surface area contributed by atoms with Crippen molar-refractivity contribution in [2.24, 2.45) is 0 Å². The van der Waals surface area contributed by atoms with E-state index in [-0.39, 0.29) is 24.1 Å². The van der Waals surface area contributed by atoms with Crippen LogP contribution in [0.25, 0.3) is 22.6 Å². The number of aromatic nitrogens is 2. The third kappa shape index (κ3) is 5.02. The van der Waals surface area contributed by atoms with Crippen LogP contribution in [0.3, 0.4) is 0 Å². The van der Waals surface area contributed by atoms with E-state index in [1.54, 1.807) is 25.1 Å². The normalized spacial score (nSPS) is 11.1. The van der Waals surface area contributed by atoms with E-state index in [4.69, 9.17) is 5.11 Å². The fourth-order valence-electron chi connectivity index (χ4n) is 2.77. The zero-order valence-corrected chi connectivity index (χ0v) is 16.2. The Balaban J connectivity index is 1.79. The highest BCUT2D eigenvalue weighted by molar-refractivity contribution is 7.16. The summed E-state index contributed by atoms with van der Waals surface area (Å²) in [7, 11) is 0. The zero-order valence-electron chi connectivity index (χ0n) is 15.4. The van der Waals surface area contributed by atoms with Gasteiger partial charge in [-0.1, -0.05) is 12.1 Å². The van der Waals surface area contributed by atoms with E-state index in [2.05, 4.69) is 9.97 Å². The molecule has 0 radical (unpaired) electrons. The minimum absolute atomic E-state index is 0.0354. The maximum atomic E-state index is 12.2. The van der Waals surface area contributed by atoms with Crippen molar-refractivity contribution in [2.75, 3.05) is 0 Å². The SMILES string of the molecule is Cc1nc(C=Cc2ccc(-c3cccc([N+](=O)[O-])c3)s2)[nH]c(=O)c1CCC(=O)O. The van der Waals surface area contributed by atoms with Crippen LogP contribution in [0.15, 0.2) is 41.2 Å². The maximum absolute atomic E-state index is 12.2. The number of carboxylic acid groups (broad SMARTS) is 1. The number of non-ortho nitro benzene ring substituents is 1. The van der Waals surface area contributed by atoms with Crippen LogP contribution in [-0.2, 0) is 11.2 Å². The minimum Gasteiger partial charge on any atom is -0.481 e. The molecule has 9 heteroatoms. The number of nitrogens with zero attached hydrogens (tertiary/aromatic N) is 2. The number of aliphatic carboxylic acids is 1. The first-order valence-corrected chi connectivity index (χ1v) is 9.49. The number of aromatic amines is 1. The second kappa shape index (κ2) is 8.61. The van der Waals surface area contributed by atoms with Crippen molar-refractivity contribution >= 4 is 35.1 Å². The van der Waals surface area contributed by atoms with E-state index in [0.717, 1.165) is 15.3 Å². The zero-order chi connectivity index (χ0) is 21.0. The third-order valence-corrected chi connectivity index (χ3v) is 5.30. The standard InChI is InChI=1S/C20H17N3O5S/c1-12-16(7-10-19(24)25)20(26)22-18(21-12)9-6-15-5-8-17(29-15)13-3-2-4-14(11-13)23(27)28/h2-6,8-9,11H,7,10H2,1H3,(H,24,25)(H,21,22,26). The smallest absolute Gasteiger partial charge is 0.303 e. The molecule has 148 valence electrons. The van der Waals surface area contributed by atoms with Gasteiger partial charge in [-0.25, -0.2) is 4.98 Å². The minimum atomic E-state index is -0.968. The number of benzene rings is 1. The quantitative estimate of drug-likeness (QED) is 0.448. The van der Waals surface area contributed by atoms with Crippen LogP contribution in [-0.4, -0.2) is 26.0 Å². The monoisotopic (exact) mass is 411 g/mol. The van der Waals surface area contributed by atoms with Crippen molar-refractivity contribution in [3.8, 4) is 10.4 Å². The van der Waals surface area contributed by atoms with Crippen molar-refractivity contribution < 1.29 is 14.8 Å². The molecule has 0 saturated heterocycles. The molecule has 29 heavy (non-hydrogen) atoms. The Morgan fingerprint density at radius 3 is 2.79 bits per heavy atom. The van der Waals surface area contributed by atoms with Crippen molar-refractivity contribution in [1.29, 1.82) is 0 Å². The Labute approximate surface area is 169 Å². The summed E-state index contributed by atoms with van der Waals surface area (Å²) < 4.78 is 0. The van der Waals surface area contributed by atoms with Crippen LogP contribution in [0.5, 0.6) is 0 Å². The Morgan fingerprint density at radius 1 is 1.31 bits per heavy atom. The summed E-state index contributed by atoms with van der Waals surface area (Å²) in [5, 5.41) is 19.7. The number of nitrogens with one attached hydrogen (secondary N) is 1. The average Bonchev–Trinajstić information content (AvgIpc) is 3.14. The number of carbonyl (C=O) groups is 1. The molecule has 0 unspecified atom stereocenters. The summed E-state index contributed by atoms with van der Waals surface area (Å²) in [5.41, 5.74) is 1.32. The Hall–Kier alpha value is -3.59. The van der Waals surface area contributed by atoms with Crippen LogP contribution in [0, 0.1) is 17.0 Å². The summed E-state index contributed by atoms with van der Waals surface area (Å²) in [4.78, 5) is 42.1. The van der Waals surface area contributed by atoms with E-state index in [1.807, 2.05) is 18.2 Å². The van der Waals surface area contributed by atoms with E-state index < -0.39 is 10.9 Å². The van der Waals surface area contributed by atoms with E-state index in [9.17, 15) is 19.7 Å². The largest absolute Gasteiger partial charge is 0.481 e. The van der Waals surface area contributed by atoms with E-state index in [0.29, 0.717) is 17.1 Å². The molecular weight excluding hydrogens is 394 g/mol. The predicted molar refractivity (Wildman–Crippen MR) is 111 cm³/mol. The van der Waals surface area contributed by atoms with Gasteiger partial charge in [0.15, 0.2) is 0 Å². The van der Waals surface area contributed by atoms with Crippen molar-refractivity contribution in [3.63, 3.8) is 0 Å². The molecule has 3 rings (SSSR count). The number of hydrogen-bond acceptors (Lipinski definition) is 6. The highest BCUT2D eigenvalue weighted by Crippen LogP contribution is 2.31. The Bertz CT molecular complexity index is 1160. The first-order chi connectivity index (χ1) is 13.8. The summed E-state index contributed by atoms with van der Waals surface area (Å²) in [5.74, 6) is -0.595. The lowest BCUT2D eigenvalue weighted by Crippen LogP contribution is -2.18. The van der Waals surface area contributed by atoms with E-state index >= 15 is 0 Å². The van der Waals surface area contributed by atoms with Gasteiger partial charge >= 0.3 is 5.97 Å². The number of rotatable bonds is 7. The van der Waals surface area contributed by atoms with Crippen molar-refractivity contribution in [3.05, 3.63) is 78.8 Å². The molecule has 3 aromatic rings. The van der Waals surface area contributed by atoms with Gasteiger partial charge in [-0.2, -0.15) is 0 Å². The molecule has 0 atom stereocenters. The van der Waals surface area contributed by atoms with Gasteiger partial charge in [0.05, 0.1) is 4.92 Å². The van der Waals surface area contributed by atoms with Gasteiger partial charge in [-0.3, -0.25) is 19.7 Å². The first-order valence-electron chi connectivity index (χ1n) is 8.68. The highest BCUT2D eigenvalue weighted by Gasteiger charge is 2.10. The molecule has 2 N–H and O–H groups in total. The fraction of sp³-hybridized carbons (Fsp3) is 0.150. The molecule has 8 nitrogen and oxygen atoms in total. The summed E-state index contributed by atoms with van der Waals surface area (Å²) in [6, 6.07) is 10.2. The molecule has 2 aromatic heterocycles. The lowest BCUT2D eigenvalue weighted by molar-refractivity contribution is -0.384. The van der Waals surface area contributed by atoms with Crippen LogP contribution >= 0.6 is 11.3 Å². The van der Waals surface area contributed by atoms with Crippen LogP contribution in [0.4, 0.5) is 5.69 Å². The molecule has 0 spiro atoms. The van der Waals surface area contributed by atoms with Gasteiger partial charge < -0.3 is 10.1 Å². The average molecular weight is 411 g/mol.